The molecule has 0 radical (unpaired) electrons. The predicted octanol–water partition coefficient (Wildman–Crippen LogP) is 4.60. The first-order valence-electron chi connectivity index (χ1n) is 10.5. The highest BCUT2D eigenvalue weighted by atomic mass is 16.5. The molecule has 1 fully saturated rings. The van der Waals surface area contributed by atoms with Gasteiger partial charge in [0, 0.05) is 17.7 Å². The number of hydrogen-bond donors (Lipinski definition) is 0. The van der Waals surface area contributed by atoms with Gasteiger partial charge >= 0.3 is 0 Å². The van der Waals surface area contributed by atoms with E-state index in [2.05, 4.69) is 4.90 Å². The first-order valence-corrected chi connectivity index (χ1v) is 10.5. The number of benzene rings is 2. The van der Waals surface area contributed by atoms with Crippen molar-refractivity contribution >= 4 is 11.9 Å². The Hall–Kier alpha value is -2.99. The molecule has 0 amide bonds. The molecule has 166 valence electrons. The average Bonchev–Trinajstić information content (AvgIpc) is 2.82. The Balaban J connectivity index is 1.81. The summed E-state index contributed by atoms with van der Waals surface area (Å²) in [4.78, 5) is 15.3. The Labute approximate surface area is 184 Å². The molecule has 3 rings (SSSR count). The minimum absolute atomic E-state index is 0.0729. The predicted molar refractivity (Wildman–Crippen MR) is 122 cm³/mol. The molecule has 2 aromatic carbocycles. The van der Waals surface area contributed by atoms with Crippen molar-refractivity contribution in [2.45, 2.75) is 25.8 Å². The summed E-state index contributed by atoms with van der Waals surface area (Å²) in [6.07, 6.45) is 7.04. The lowest BCUT2D eigenvalue weighted by Crippen LogP contribution is -2.29. The third kappa shape index (κ3) is 5.58. The van der Waals surface area contributed by atoms with Crippen LogP contribution in [0.4, 0.5) is 0 Å². The number of ketones is 1. The highest BCUT2D eigenvalue weighted by Crippen LogP contribution is 2.38. The van der Waals surface area contributed by atoms with Crippen molar-refractivity contribution in [3.63, 3.8) is 0 Å². The fraction of sp³-hybridized carbons (Fsp3) is 0.400. The van der Waals surface area contributed by atoms with Crippen molar-refractivity contribution in [1.82, 2.24) is 4.90 Å². The molecule has 2 aromatic rings. The molecule has 1 aliphatic rings. The van der Waals surface area contributed by atoms with Crippen molar-refractivity contribution in [3.05, 3.63) is 53.1 Å². The highest BCUT2D eigenvalue weighted by Gasteiger charge is 2.15. The lowest BCUT2D eigenvalue weighted by Gasteiger charge is -2.27. The fourth-order valence-corrected chi connectivity index (χ4v) is 3.88. The van der Waals surface area contributed by atoms with Crippen LogP contribution in [0.2, 0.25) is 0 Å². The smallest absolute Gasteiger partial charge is 0.203 e. The van der Waals surface area contributed by atoms with E-state index in [1.807, 2.05) is 12.1 Å². The van der Waals surface area contributed by atoms with Crippen LogP contribution in [-0.2, 0) is 6.54 Å². The molecule has 0 N–H and O–H groups in total. The van der Waals surface area contributed by atoms with E-state index in [1.54, 1.807) is 58.8 Å². The molecule has 6 nitrogen and oxygen atoms in total. The lowest BCUT2D eigenvalue weighted by molar-refractivity contribution is 0.104. The molecular formula is C25H31NO5. The van der Waals surface area contributed by atoms with Crippen molar-refractivity contribution in [3.8, 4) is 23.0 Å². The summed E-state index contributed by atoms with van der Waals surface area (Å²) in [5.74, 6) is 2.35. The molecule has 0 bridgehead atoms. The molecule has 0 aromatic heterocycles. The Morgan fingerprint density at radius 2 is 1.52 bits per heavy atom. The van der Waals surface area contributed by atoms with Crippen molar-refractivity contribution in [2.24, 2.45) is 0 Å². The van der Waals surface area contributed by atoms with Gasteiger partial charge in [0.15, 0.2) is 17.3 Å². The summed E-state index contributed by atoms with van der Waals surface area (Å²) < 4.78 is 21.6. The minimum Gasteiger partial charge on any atom is -0.496 e. The van der Waals surface area contributed by atoms with Crippen molar-refractivity contribution < 1.29 is 23.7 Å². The van der Waals surface area contributed by atoms with Crippen LogP contribution in [-0.4, -0.2) is 52.2 Å². The molecule has 0 saturated carbocycles. The zero-order valence-corrected chi connectivity index (χ0v) is 18.8. The number of hydrogen-bond acceptors (Lipinski definition) is 6. The molecule has 31 heavy (non-hydrogen) atoms. The largest absolute Gasteiger partial charge is 0.496 e. The Morgan fingerprint density at radius 3 is 2.10 bits per heavy atom. The number of likely N-dealkylation sites (tertiary alicyclic amines) is 1. The maximum atomic E-state index is 12.9. The van der Waals surface area contributed by atoms with Crippen LogP contribution in [0.1, 0.15) is 40.7 Å². The van der Waals surface area contributed by atoms with Gasteiger partial charge in [-0.2, -0.15) is 0 Å². The van der Waals surface area contributed by atoms with Crippen LogP contribution < -0.4 is 18.9 Å². The van der Waals surface area contributed by atoms with E-state index in [1.165, 1.54) is 19.3 Å². The van der Waals surface area contributed by atoms with Crippen molar-refractivity contribution in [1.29, 1.82) is 0 Å². The first kappa shape index (κ1) is 22.7. The zero-order chi connectivity index (χ0) is 22.2. The third-order valence-electron chi connectivity index (χ3n) is 5.52. The first-order chi connectivity index (χ1) is 15.1. The maximum Gasteiger partial charge on any atom is 0.203 e. The summed E-state index contributed by atoms with van der Waals surface area (Å²) in [6.45, 7) is 2.96. The Kier molecular flexibility index (Phi) is 7.95. The van der Waals surface area contributed by atoms with Crippen LogP contribution in [0, 0.1) is 0 Å². The second-order valence-electron chi connectivity index (χ2n) is 7.52. The van der Waals surface area contributed by atoms with Gasteiger partial charge in [-0.05, 0) is 67.9 Å². The van der Waals surface area contributed by atoms with Crippen LogP contribution >= 0.6 is 0 Å². The second-order valence-corrected chi connectivity index (χ2v) is 7.52. The Bertz CT molecular complexity index is 906. The summed E-state index contributed by atoms with van der Waals surface area (Å²) in [7, 11) is 6.36. The van der Waals surface area contributed by atoms with Gasteiger partial charge in [-0.25, -0.2) is 0 Å². The van der Waals surface area contributed by atoms with Gasteiger partial charge in [-0.3, -0.25) is 9.69 Å². The van der Waals surface area contributed by atoms with Gasteiger partial charge in [0.25, 0.3) is 0 Å². The molecule has 0 aliphatic carbocycles. The number of carbonyl (C=O) groups excluding carboxylic acids is 1. The number of carbonyl (C=O) groups is 1. The van der Waals surface area contributed by atoms with E-state index in [0.29, 0.717) is 22.8 Å². The molecule has 0 spiro atoms. The maximum absolute atomic E-state index is 12.9. The lowest BCUT2D eigenvalue weighted by atomic mass is 10.0. The second kappa shape index (κ2) is 10.9. The standard InChI is InChI=1S/C25H31NO5/c1-28-22-11-9-19(16-20(22)17-26-12-6-5-7-13-26)21(27)10-8-18-14-23(29-2)25(31-4)24(15-18)30-3/h8-11,14-16H,5-7,12-13,17H2,1-4H3. The van der Waals surface area contributed by atoms with E-state index in [0.717, 1.165) is 36.5 Å². The topological polar surface area (TPSA) is 57.2 Å². The van der Waals surface area contributed by atoms with Gasteiger partial charge in [0.1, 0.15) is 5.75 Å². The molecule has 1 heterocycles. The van der Waals surface area contributed by atoms with Crippen LogP contribution in [0.25, 0.3) is 6.08 Å². The van der Waals surface area contributed by atoms with E-state index in [-0.39, 0.29) is 5.78 Å². The molecule has 1 saturated heterocycles. The number of piperidine rings is 1. The fourth-order valence-electron chi connectivity index (χ4n) is 3.88. The minimum atomic E-state index is -0.0729. The quantitative estimate of drug-likeness (QED) is 0.432. The summed E-state index contributed by atoms with van der Waals surface area (Å²) in [5, 5.41) is 0. The van der Waals surface area contributed by atoms with Gasteiger partial charge in [0.05, 0.1) is 28.4 Å². The molecule has 1 aliphatic heterocycles. The van der Waals surface area contributed by atoms with Crippen LogP contribution in [0.3, 0.4) is 0 Å². The molecule has 0 atom stereocenters. The normalized spacial score (nSPS) is 14.5. The van der Waals surface area contributed by atoms with Crippen LogP contribution in [0.15, 0.2) is 36.4 Å². The van der Waals surface area contributed by atoms with E-state index in [4.69, 9.17) is 18.9 Å². The third-order valence-corrected chi connectivity index (χ3v) is 5.52. The van der Waals surface area contributed by atoms with Gasteiger partial charge < -0.3 is 18.9 Å². The zero-order valence-electron chi connectivity index (χ0n) is 18.8. The summed E-state index contributed by atoms with van der Waals surface area (Å²) in [6, 6.07) is 9.23. The number of nitrogens with zero attached hydrogens (tertiary/aromatic N) is 1. The monoisotopic (exact) mass is 425 g/mol. The average molecular weight is 426 g/mol. The highest BCUT2D eigenvalue weighted by molar-refractivity contribution is 6.07. The number of methoxy groups -OCH3 is 4. The summed E-state index contributed by atoms with van der Waals surface area (Å²) >= 11 is 0. The number of allylic oxidation sites excluding steroid dienone is 1. The summed E-state index contributed by atoms with van der Waals surface area (Å²) in [5.41, 5.74) is 2.46. The van der Waals surface area contributed by atoms with Gasteiger partial charge in [-0.1, -0.05) is 12.5 Å². The van der Waals surface area contributed by atoms with Crippen LogP contribution in [0.5, 0.6) is 23.0 Å². The molecule has 6 heteroatoms. The van der Waals surface area contributed by atoms with E-state index in [9.17, 15) is 4.79 Å². The molecule has 0 unspecified atom stereocenters. The number of ether oxygens (including phenoxy) is 4. The van der Waals surface area contributed by atoms with Crippen molar-refractivity contribution in [2.75, 3.05) is 41.5 Å². The van der Waals surface area contributed by atoms with Gasteiger partial charge in [0.2, 0.25) is 5.75 Å². The van der Waals surface area contributed by atoms with E-state index >= 15 is 0 Å². The van der Waals surface area contributed by atoms with Gasteiger partial charge in [-0.15, -0.1) is 0 Å². The Morgan fingerprint density at radius 1 is 0.871 bits per heavy atom. The number of rotatable bonds is 9. The molecular weight excluding hydrogens is 394 g/mol. The van der Waals surface area contributed by atoms with E-state index < -0.39 is 0 Å². The SMILES string of the molecule is COc1ccc(C(=O)C=Cc2cc(OC)c(OC)c(OC)c2)cc1CN1CCCCC1.